The van der Waals surface area contributed by atoms with E-state index in [0.717, 1.165) is 37.5 Å². The zero-order valence-corrected chi connectivity index (χ0v) is 15.2. The van der Waals surface area contributed by atoms with Crippen LogP contribution in [0.25, 0.3) is 11.0 Å². The highest BCUT2D eigenvalue weighted by Crippen LogP contribution is 2.14. The smallest absolute Gasteiger partial charge is 0.123 e. The first-order valence-electron chi connectivity index (χ1n) is 9.12. The lowest BCUT2D eigenvalue weighted by Crippen LogP contribution is -2.45. The Morgan fingerprint density at radius 1 is 1.17 bits per heavy atom. The van der Waals surface area contributed by atoms with E-state index in [2.05, 4.69) is 53.9 Å². The number of nitrogens with one attached hydrogen (secondary N) is 1. The van der Waals surface area contributed by atoms with Gasteiger partial charge >= 0.3 is 0 Å². The van der Waals surface area contributed by atoms with Gasteiger partial charge in [0.05, 0.1) is 29.8 Å². The summed E-state index contributed by atoms with van der Waals surface area (Å²) >= 11 is 0. The van der Waals surface area contributed by atoms with Crippen molar-refractivity contribution in [2.45, 2.75) is 45.4 Å². The number of fused-ring (bicyclic) bond motifs is 1. The van der Waals surface area contributed by atoms with Crippen LogP contribution < -0.4 is 5.32 Å². The Bertz CT molecular complexity index is 644. The van der Waals surface area contributed by atoms with Crippen LogP contribution in [0.3, 0.4) is 0 Å². The van der Waals surface area contributed by atoms with Crippen LogP contribution in [0.1, 0.15) is 32.5 Å². The van der Waals surface area contributed by atoms with Gasteiger partial charge in [-0.3, -0.25) is 4.90 Å². The molecule has 24 heavy (non-hydrogen) atoms. The predicted octanol–water partition coefficient (Wildman–Crippen LogP) is 2.55. The highest BCUT2D eigenvalue weighted by molar-refractivity contribution is 5.75. The van der Waals surface area contributed by atoms with E-state index in [-0.39, 0.29) is 0 Å². The molecule has 1 aromatic carbocycles. The molecule has 0 spiro atoms. The van der Waals surface area contributed by atoms with Crippen molar-refractivity contribution in [2.24, 2.45) is 7.05 Å². The third kappa shape index (κ3) is 4.35. The predicted molar refractivity (Wildman–Crippen MR) is 98.1 cm³/mol. The highest BCUT2D eigenvalue weighted by Gasteiger charge is 2.21. The van der Waals surface area contributed by atoms with Gasteiger partial charge in [-0.25, -0.2) is 4.98 Å². The van der Waals surface area contributed by atoms with Crippen LogP contribution in [0.5, 0.6) is 0 Å². The standard InChI is InChI=1S/C19H30N4O/c1-15-13-23(14-16(2)24-15)11-7-6-10-20-12-19-21-17-8-4-5-9-18(17)22(19)3/h4-5,8-9,15-16,20H,6-7,10-14H2,1-3H3/t15-,16-/m1/s1. The molecule has 5 nitrogen and oxygen atoms in total. The summed E-state index contributed by atoms with van der Waals surface area (Å²) in [5.74, 6) is 1.10. The minimum absolute atomic E-state index is 0.365. The van der Waals surface area contributed by atoms with Gasteiger partial charge in [0.15, 0.2) is 0 Å². The molecule has 5 heteroatoms. The van der Waals surface area contributed by atoms with Gasteiger partial charge in [-0.15, -0.1) is 0 Å². The Balaban J connectivity index is 1.36. The molecule has 0 radical (unpaired) electrons. The Hall–Kier alpha value is -1.43. The van der Waals surface area contributed by atoms with Crippen LogP contribution in [0.15, 0.2) is 24.3 Å². The highest BCUT2D eigenvalue weighted by atomic mass is 16.5. The summed E-state index contributed by atoms with van der Waals surface area (Å²) in [5, 5.41) is 3.53. The van der Waals surface area contributed by atoms with Crippen molar-refractivity contribution in [2.75, 3.05) is 26.2 Å². The number of aromatic nitrogens is 2. The quantitative estimate of drug-likeness (QED) is 0.792. The Labute approximate surface area is 145 Å². The molecule has 2 atom stereocenters. The van der Waals surface area contributed by atoms with Crippen molar-refractivity contribution in [3.05, 3.63) is 30.1 Å². The van der Waals surface area contributed by atoms with Crippen LogP contribution in [-0.2, 0) is 18.3 Å². The molecule has 0 bridgehead atoms. The van der Waals surface area contributed by atoms with Gasteiger partial charge < -0.3 is 14.6 Å². The molecule has 1 saturated heterocycles. The van der Waals surface area contributed by atoms with E-state index in [1.165, 1.54) is 24.9 Å². The van der Waals surface area contributed by atoms with E-state index in [1.807, 2.05) is 6.07 Å². The van der Waals surface area contributed by atoms with Gasteiger partial charge in [-0.1, -0.05) is 12.1 Å². The van der Waals surface area contributed by atoms with Crippen molar-refractivity contribution < 1.29 is 4.74 Å². The summed E-state index contributed by atoms with van der Waals surface area (Å²) in [7, 11) is 2.09. The maximum atomic E-state index is 5.78. The van der Waals surface area contributed by atoms with Gasteiger partial charge in [-0.05, 0) is 51.9 Å². The number of ether oxygens (including phenoxy) is 1. The van der Waals surface area contributed by atoms with Gasteiger partial charge in [0, 0.05) is 20.1 Å². The van der Waals surface area contributed by atoms with Gasteiger partial charge in [0.1, 0.15) is 5.82 Å². The molecule has 2 heterocycles. The first-order chi connectivity index (χ1) is 11.6. The molecular weight excluding hydrogens is 300 g/mol. The fourth-order valence-corrected chi connectivity index (χ4v) is 3.61. The lowest BCUT2D eigenvalue weighted by molar-refractivity contribution is -0.0681. The summed E-state index contributed by atoms with van der Waals surface area (Å²) in [5.41, 5.74) is 2.28. The number of unbranched alkanes of at least 4 members (excludes halogenated alkanes) is 1. The van der Waals surface area contributed by atoms with E-state index in [0.29, 0.717) is 12.2 Å². The number of hydrogen-bond donors (Lipinski definition) is 1. The summed E-state index contributed by atoms with van der Waals surface area (Å²) in [6, 6.07) is 8.30. The fourth-order valence-electron chi connectivity index (χ4n) is 3.61. The van der Waals surface area contributed by atoms with Crippen molar-refractivity contribution in [1.82, 2.24) is 19.8 Å². The Morgan fingerprint density at radius 2 is 1.92 bits per heavy atom. The minimum Gasteiger partial charge on any atom is -0.373 e. The maximum absolute atomic E-state index is 5.78. The van der Waals surface area contributed by atoms with Crippen LogP contribution >= 0.6 is 0 Å². The average molecular weight is 330 g/mol. The number of aryl methyl sites for hydroxylation is 1. The molecule has 132 valence electrons. The number of imidazole rings is 1. The molecule has 1 aliphatic rings. The first-order valence-corrected chi connectivity index (χ1v) is 9.12. The van der Waals surface area contributed by atoms with Crippen LogP contribution in [0, 0.1) is 0 Å². The molecule has 1 aliphatic heterocycles. The molecule has 0 amide bonds. The van der Waals surface area contributed by atoms with Crippen LogP contribution in [0.4, 0.5) is 0 Å². The summed E-state index contributed by atoms with van der Waals surface area (Å²) in [4.78, 5) is 7.23. The second-order valence-corrected chi connectivity index (χ2v) is 6.98. The van der Waals surface area contributed by atoms with Crippen LogP contribution in [0.2, 0.25) is 0 Å². The van der Waals surface area contributed by atoms with Crippen LogP contribution in [-0.4, -0.2) is 52.8 Å². The minimum atomic E-state index is 0.365. The molecule has 0 aliphatic carbocycles. The summed E-state index contributed by atoms with van der Waals surface area (Å²) in [6.07, 6.45) is 3.16. The third-order valence-electron chi connectivity index (χ3n) is 4.74. The summed E-state index contributed by atoms with van der Waals surface area (Å²) in [6.45, 7) is 9.51. The average Bonchev–Trinajstić information content (AvgIpc) is 2.86. The monoisotopic (exact) mass is 330 g/mol. The van der Waals surface area contributed by atoms with E-state index >= 15 is 0 Å². The third-order valence-corrected chi connectivity index (χ3v) is 4.74. The molecular formula is C19H30N4O. The van der Waals surface area contributed by atoms with Crippen molar-refractivity contribution in [3.63, 3.8) is 0 Å². The van der Waals surface area contributed by atoms with E-state index in [4.69, 9.17) is 9.72 Å². The van der Waals surface area contributed by atoms with E-state index in [1.54, 1.807) is 0 Å². The Morgan fingerprint density at radius 3 is 2.67 bits per heavy atom. The van der Waals surface area contributed by atoms with E-state index < -0.39 is 0 Å². The molecule has 2 aromatic rings. The lowest BCUT2D eigenvalue weighted by Gasteiger charge is -2.35. The van der Waals surface area contributed by atoms with Gasteiger partial charge in [0.25, 0.3) is 0 Å². The second kappa shape index (κ2) is 8.10. The second-order valence-electron chi connectivity index (χ2n) is 6.98. The molecule has 1 fully saturated rings. The lowest BCUT2D eigenvalue weighted by atomic mass is 10.2. The number of para-hydroxylation sites is 2. The zero-order valence-electron chi connectivity index (χ0n) is 15.2. The number of nitrogens with zero attached hydrogens (tertiary/aromatic N) is 3. The van der Waals surface area contributed by atoms with Crippen molar-refractivity contribution in [3.8, 4) is 0 Å². The van der Waals surface area contributed by atoms with Gasteiger partial charge in [-0.2, -0.15) is 0 Å². The number of hydrogen-bond acceptors (Lipinski definition) is 4. The first kappa shape index (κ1) is 17.4. The Kier molecular flexibility index (Phi) is 5.87. The van der Waals surface area contributed by atoms with E-state index in [9.17, 15) is 0 Å². The van der Waals surface area contributed by atoms with Crippen molar-refractivity contribution >= 4 is 11.0 Å². The van der Waals surface area contributed by atoms with Crippen molar-refractivity contribution in [1.29, 1.82) is 0 Å². The topological polar surface area (TPSA) is 42.3 Å². The molecule has 1 N–H and O–H groups in total. The molecule has 0 saturated carbocycles. The van der Waals surface area contributed by atoms with Gasteiger partial charge in [0.2, 0.25) is 0 Å². The molecule has 1 aromatic heterocycles. The normalized spacial score (nSPS) is 22.3. The zero-order chi connectivity index (χ0) is 16.9. The molecule has 0 unspecified atom stereocenters. The number of benzene rings is 1. The number of morpholine rings is 1. The SMILES string of the molecule is C[C@@H]1CN(CCCCNCc2nc3ccccc3n2C)C[C@@H](C)O1. The molecule has 3 rings (SSSR count). The maximum Gasteiger partial charge on any atom is 0.123 e. The summed E-state index contributed by atoms with van der Waals surface area (Å²) < 4.78 is 7.96. The fraction of sp³-hybridized carbons (Fsp3) is 0.632. The largest absolute Gasteiger partial charge is 0.373 e. The number of rotatable bonds is 7.